The SMILES string of the molecule is CC(C)(C)[S@](=O)N[C@]1(c2ccc3ccccc3c2)CCOc2cccnc21. The van der Waals surface area contributed by atoms with Crippen molar-refractivity contribution in [1.29, 1.82) is 0 Å². The van der Waals surface area contributed by atoms with Crippen LogP contribution < -0.4 is 9.46 Å². The number of nitrogens with zero attached hydrogens (tertiary/aromatic N) is 1. The summed E-state index contributed by atoms with van der Waals surface area (Å²) in [5.41, 5.74) is 1.20. The first kappa shape index (κ1) is 18.1. The van der Waals surface area contributed by atoms with E-state index in [0.29, 0.717) is 13.0 Å². The van der Waals surface area contributed by atoms with Crippen molar-refractivity contribution in [1.82, 2.24) is 9.71 Å². The average Bonchev–Trinajstić information content (AvgIpc) is 2.67. The van der Waals surface area contributed by atoms with Gasteiger partial charge in [-0.3, -0.25) is 4.98 Å². The average molecular weight is 381 g/mol. The molecular weight excluding hydrogens is 356 g/mol. The van der Waals surface area contributed by atoms with Gasteiger partial charge in [0, 0.05) is 12.6 Å². The van der Waals surface area contributed by atoms with E-state index in [4.69, 9.17) is 4.74 Å². The molecule has 0 saturated carbocycles. The molecule has 1 aliphatic rings. The van der Waals surface area contributed by atoms with E-state index in [9.17, 15) is 4.21 Å². The lowest BCUT2D eigenvalue weighted by atomic mass is 9.82. The minimum absolute atomic E-state index is 0.392. The first-order chi connectivity index (χ1) is 12.9. The Morgan fingerprint density at radius 2 is 1.85 bits per heavy atom. The molecule has 2 aromatic carbocycles. The number of nitrogens with one attached hydrogen (secondary N) is 1. The van der Waals surface area contributed by atoms with Gasteiger partial charge >= 0.3 is 0 Å². The van der Waals surface area contributed by atoms with Crippen LogP contribution in [0, 0.1) is 0 Å². The van der Waals surface area contributed by atoms with Crippen LogP contribution in [-0.4, -0.2) is 20.5 Å². The Bertz CT molecular complexity index is 1010. The molecule has 0 unspecified atom stereocenters. The number of aromatic nitrogens is 1. The van der Waals surface area contributed by atoms with Gasteiger partial charge in [0.1, 0.15) is 17.0 Å². The molecule has 0 saturated heterocycles. The van der Waals surface area contributed by atoms with E-state index in [1.807, 2.05) is 45.0 Å². The molecule has 1 N–H and O–H groups in total. The van der Waals surface area contributed by atoms with Crippen molar-refractivity contribution in [2.45, 2.75) is 37.5 Å². The Morgan fingerprint density at radius 3 is 2.63 bits per heavy atom. The molecule has 140 valence electrons. The number of hydrogen-bond acceptors (Lipinski definition) is 3. The van der Waals surface area contributed by atoms with Gasteiger partial charge in [-0.1, -0.05) is 36.4 Å². The van der Waals surface area contributed by atoms with Crippen LogP contribution in [0.2, 0.25) is 0 Å². The number of hydrogen-bond donors (Lipinski definition) is 1. The predicted octanol–water partition coefficient (Wildman–Crippen LogP) is 4.31. The van der Waals surface area contributed by atoms with Gasteiger partial charge < -0.3 is 4.74 Å². The lowest BCUT2D eigenvalue weighted by Crippen LogP contribution is -2.51. The van der Waals surface area contributed by atoms with E-state index in [2.05, 4.69) is 40.0 Å². The zero-order chi connectivity index (χ0) is 19.1. The lowest BCUT2D eigenvalue weighted by Gasteiger charge is -2.40. The van der Waals surface area contributed by atoms with Crippen molar-refractivity contribution in [3.05, 3.63) is 72.1 Å². The maximum absolute atomic E-state index is 13.1. The van der Waals surface area contributed by atoms with Gasteiger partial charge in [-0.05, 0) is 55.3 Å². The van der Waals surface area contributed by atoms with E-state index >= 15 is 0 Å². The maximum Gasteiger partial charge on any atom is 0.143 e. The topological polar surface area (TPSA) is 51.2 Å². The van der Waals surface area contributed by atoms with E-state index < -0.39 is 21.3 Å². The predicted molar refractivity (Wildman–Crippen MR) is 110 cm³/mol. The van der Waals surface area contributed by atoms with Crippen LogP contribution in [0.25, 0.3) is 10.8 Å². The first-order valence-corrected chi connectivity index (χ1v) is 10.3. The molecule has 0 fully saturated rings. The summed E-state index contributed by atoms with van der Waals surface area (Å²) in [5.74, 6) is 0.746. The molecule has 27 heavy (non-hydrogen) atoms. The molecular formula is C22H24N2O2S. The van der Waals surface area contributed by atoms with Gasteiger partial charge in [-0.2, -0.15) is 0 Å². The molecule has 0 radical (unpaired) electrons. The quantitative estimate of drug-likeness (QED) is 0.736. The van der Waals surface area contributed by atoms with Crippen molar-refractivity contribution < 1.29 is 8.95 Å². The summed E-state index contributed by atoms with van der Waals surface area (Å²) in [7, 11) is -1.26. The van der Waals surface area contributed by atoms with Gasteiger partial charge in [-0.15, -0.1) is 0 Å². The summed E-state index contributed by atoms with van der Waals surface area (Å²) >= 11 is 0. The number of fused-ring (bicyclic) bond motifs is 2. The molecule has 1 aromatic heterocycles. The molecule has 0 spiro atoms. The monoisotopic (exact) mass is 380 g/mol. The number of rotatable bonds is 3. The van der Waals surface area contributed by atoms with Crippen LogP contribution in [0.15, 0.2) is 60.8 Å². The molecule has 0 bridgehead atoms. The van der Waals surface area contributed by atoms with Crippen LogP contribution in [0.3, 0.4) is 0 Å². The van der Waals surface area contributed by atoms with E-state index in [1.54, 1.807) is 6.20 Å². The van der Waals surface area contributed by atoms with Crippen LogP contribution in [0.4, 0.5) is 0 Å². The van der Waals surface area contributed by atoms with E-state index in [0.717, 1.165) is 22.4 Å². The van der Waals surface area contributed by atoms with Gasteiger partial charge in [0.2, 0.25) is 0 Å². The smallest absolute Gasteiger partial charge is 0.143 e. The minimum Gasteiger partial charge on any atom is -0.491 e. The second kappa shape index (κ2) is 6.73. The van der Waals surface area contributed by atoms with Crippen LogP contribution in [0.5, 0.6) is 5.75 Å². The number of ether oxygens (including phenoxy) is 1. The van der Waals surface area contributed by atoms with E-state index in [1.165, 1.54) is 5.39 Å². The molecule has 1 aliphatic heterocycles. The van der Waals surface area contributed by atoms with Gasteiger partial charge in [0.05, 0.1) is 22.3 Å². The van der Waals surface area contributed by atoms with E-state index in [-0.39, 0.29) is 0 Å². The minimum atomic E-state index is -1.26. The second-order valence-corrected chi connectivity index (χ2v) is 9.87. The van der Waals surface area contributed by atoms with Crippen LogP contribution in [-0.2, 0) is 16.5 Å². The largest absolute Gasteiger partial charge is 0.491 e. The Kier molecular flexibility index (Phi) is 4.52. The third-order valence-electron chi connectivity index (χ3n) is 4.97. The fraction of sp³-hybridized carbons (Fsp3) is 0.318. The Balaban J connectivity index is 1.92. The number of benzene rings is 2. The second-order valence-electron chi connectivity index (χ2n) is 7.90. The lowest BCUT2D eigenvalue weighted by molar-refractivity contribution is 0.223. The molecule has 0 aliphatic carbocycles. The Morgan fingerprint density at radius 1 is 1.07 bits per heavy atom. The van der Waals surface area contributed by atoms with Crippen molar-refractivity contribution in [2.24, 2.45) is 0 Å². The third-order valence-corrected chi connectivity index (χ3v) is 6.62. The van der Waals surface area contributed by atoms with Gasteiger partial charge in [0.25, 0.3) is 0 Å². The fourth-order valence-electron chi connectivity index (χ4n) is 3.47. The summed E-state index contributed by atoms with van der Waals surface area (Å²) in [6.07, 6.45) is 2.43. The summed E-state index contributed by atoms with van der Waals surface area (Å²) in [6, 6.07) is 18.5. The molecule has 0 amide bonds. The summed E-state index contributed by atoms with van der Waals surface area (Å²) < 4.78 is 22.0. The summed E-state index contributed by atoms with van der Waals surface area (Å²) in [4.78, 5) is 4.64. The highest BCUT2D eigenvalue weighted by Crippen LogP contribution is 2.42. The molecule has 2 heterocycles. The maximum atomic E-state index is 13.1. The molecule has 4 nitrogen and oxygen atoms in total. The van der Waals surface area contributed by atoms with Gasteiger partial charge in [0.15, 0.2) is 0 Å². The van der Waals surface area contributed by atoms with Crippen molar-refractivity contribution in [3.8, 4) is 5.75 Å². The highest BCUT2D eigenvalue weighted by Gasteiger charge is 2.43. The summed E-state index contributed by atoms with van der Waals surface area (Å²) in [5, 5.41) is 2.34. The molecule has 3 aromatic rings. The molecule has 4 rings (SSSR count). The van der Waals surface area contributed by atoms with Crippen molar-refractivity contribution >= 4 is 21.8 Å². The third kappa shape index (κ3) is 3.26. The summed E-state index contributed by atoms with van der Waals surface area (Å²) in [6.45, 7) is 6.47. The first-order valence-electron chi connectivity index (χ1n) is 9.17. The Labute approximate surface area is 162 Å². The normalized spacial score (nSPS) is 20.7. The number of pyridine rings is 1. The standard InChI is InChI=1S/C22H24N2O2S/c1-21(2,3)27(25)24-22(12-14-26-19-9-6-13-23-20(19)22)18-11-10-16-7-4-5-8-17(16)15-18/h4-11,13,15,24H,12,14H2,1-3H3/t22-,27-/m0/s1. The zero-order valence-electron chi connectivity index (χ0n) is 15.9. The van der Waals surface area contributed by atoms with Crippen molar-refractivity contribution in [3.63, 3.8) is 0 Å². The molecule has 5 heteroatoms. The highest BCUT2D eigenvalue weighted by atomic mass is 32.2. The zero-order valence-corrected chi connectivity index (χ0v) is 16.7. The highest BCUT2D eigenvalue weighted by molar-refractivity contribution is 7.84. The Hall–Kier alpha value is -2.24. The van der Waals surface area contributed by atoms with Gasteiger partial charge in [-0.25, -0.2) is 8.93 Å². The fourth-order valence-corrected chi connectivity index (χ4v) is 4.40. The van der Waals surface area contributed by atoms with Crippen LogP contribution in [0.1, 0.15) is 38.4 Å². The van der Waals surface area contributed by atoms with Crippen molar-refractivity contribution in [2.75, 3.05) is 6.61 Å². The van der Waals surface area contributed by atoms with Crippen LogP contribution >= 0.6 is 0 Å². The molecule has 2 atom stereocenters.